The second-order valence-corrected chi connectivity index (χ2v) is 4.15. The van der Waals surface area contributed by atoms with Crippen LogP contribution in [0, 0.1) is 0 Å². The summed E-state index contributed by atoms with van der Waals surface area (Å²) in [7, 11) is 0. The largest absolute Gasteiger partial charge is 0.382 e. The number of hydrogen-bond donors (Lipinski definition) is 2. The van der Waals surface area contributed by atoms with Gasteiger partial charge in [-0.1, -0.05) is 0 Å². The van der Waals surface area contributed by atoms with E-state index in [1.54, 1.807) is 24.0 Å². The maximum atomic E-state index is 12.1. The molecule has 3 N–H and O–H groups in total. The van der Waals surface area contributed by atoms with Crippen LogP contribution >= 0.6 is 0 Å². The van der Waals surface area contributed by atoms with Gasteiger partial charge in [0.05, 0.1) is 13.2 Å². The molecule has 0 radical (unpaired) electrons. The van der Waals surface area contributed by atoms with Crippen molar-refractivity contribution in [3.63, 3.8) is 0 Å². The van der Waals surface area contributed by atoms with Crippen LogP contribution in [0.1, 0.15) is 6.92 Å². The Hall–Kier alpha value is -1.89. The Balaban J connectivity index is 1.92. The fourth-order valence-corrected chi connectivity index (χ4v) is 1.76. The Kier molecular flexibility index (Phi) is 3.93. The minimum Gasteiger partial charge on any atom is -0.382 e. The molecule has 7 heteroatoms. The number of nitrogen functional groups attached to an aromatic ring is 1. The molecule has 0 spiro atoms. The van der Waals surface area contributed by atoms with E-state index in [1.807, 2.05) is 0 Å². The number of nitrogens with one attached hydrogen (secondary N) is 1. The molecule has 98 valence electrons. The van der Waals surface area contributed by atoms with E-state index in [2.05, 4.69) is 15.5 Å². The molecule has 1 aliphatic heterocycles. The Morgan fingerprint density at radius 2 is 2.17 bits per heavy atom. The van der Waals surface area contributed by atoms with Gasteiger partial charge < -0.3 is 20.7 Å². The van der Waals surface area contributed by atoms with Gasteiger partial charge in [-0.15, -0.1) is 10.2 Å². The molecule has 7 nitrogen and oxygen atoms in total. The third-order valence-corrected chi connectivity index (χ3v) is 2.74. The Morgan fingerprint density at radius 3 is 2.78 bits per heavy atom. The predicted octanol–water partition coefficient (Wildman–Crippen LogP) is -0.282. The zero-order valence-corrected chi connectivity index (χ0v) is 10.3. The first-order valence-electron chi connectivity index (χ1n) is 5.89. The summed E-state index contributed by atoms with van der Waals surface area (Å²) in [5.74, 6) is 0.933. The summed E-state index contributed by atoms with van der Waals surface area (Å²) in [6.07, 6.45) is 0. The van der Waals surface area contributed by atoms with Gasteiger partial charge in [-0.3, -0.25) is 4.79 Å². The number of ether oxygens (including phenoxy) is 1. The van der Waals surface area contributed by atoms with E-state index < -0.39 is 0 Å². The monoisotopic (exact) mass is 251 g/mol. The summed E-state index contributed by atoms with van der Waals surface area (Å²) >= 11 is 0. The van der Waals surface area contributed by atoms with Gasteiger partial charge in [-0.2, -0.15) is 0 Å². The van der Waals surface area contributed by atoms with Crippen molar-refractivity contribution in [1.82, 2.24) is 15.1 Å². The van der Waals surface area contributed by atoms with E-state index in [0.717, 1.165) is 0 Å². The summed E-state index contributed by atoms with van der Waals surface area (Å²) in [4.78, 5) is 13.9. The molecule has 2 rings (SSSR count). The number of anilines is 2. The first kappa shape index (κ1) is 12.6. The van der Waals surface area contributed by atoms with E-state index in [0.29, 0.717) is 37.9 Å². The standard InChI is InChI=1S/C11H17N5O2/c1-8(11(17)16-4-6-18-7-5-16)13-10-3-2-9(12)14-15-10/h2-3,8H,4-7H2,1H3,(H2,12,14)(H,13,15). The highest BCUT2D eigenvalue weighted by molar-refractivity contribution is 5.84. The fourth-order valence-electron chi connectivity index (χ4n) is 1.76. The topological polar surface area (TPSA) is 93.4 Å². The molecule has 0 aliphatic carbocycles. The second-order valence-electron chi connectivity index (χ2n) is 4.15. The van der Waals surface area contributed by atoms with Gasteiger partial charge in [0.1, 0.15) is 17.7 Å². The number of morpholine rings is 1. The smallest absolute Gasteiger partial charge is 0.244 e. The predicted molar refractivity (Wildman–Crippen MR) is 66.9 cm³/mol. The highest BCUT2D eigenvalue weighted by Gasteiger charge is 2.22. The zero-order valence-electron chi connectivity index (χ0n) is 10.3. The zero-order chi connectivity index (χ0) is 13.0. The lowest BCUT2D eigenvalue weighted by Crippen LogP contribution is -2.47. The van der Waals surface area contributed by atoms with E-state index in [1.165, 1.54) is 0 Å². The lowest BCUT2D eigenvalue weighted by molar-refractivity contribution is -0.135. The Bertz CT molecular complexity index is 402. The van der Waals surface area contributed by atoms with Crippen LogP contribution in [0.3, 0.4) is 0 Å². The van der Waals surface area contributed by atoms with Crippen LogP contribution in [0.4, 0.5) is 11.6 Å². The number of aromatic nitrogens is 2. The van der Waals surface area contributed by atoms with Gasteiger partial charge in [0.15, 0.2) is 0 Å². The average Bonchev–Trinajstić information content (AvgIpc) is 2.41. The number of nitrogens with zero attached hydrogens (tertiary/aromatic N) is 3. The lowest BCUT2D eigenvalue weighted by Gasteiger charge is -2.29. The van der Waals surface area contributed by atoms with Gasteiger partial charge in [0.25, 0.3) is 0 Å². The van der Waals surface area contributed by atoms with E-state index in [9.17, 15) is 4.79 Å². The van der Waals surface area contributed by atoms with Crippen LogP contribution in [0.5, 0.6) is 0 Å². The molecule has 1 amide bonds. The molecular formula is C11H17N5O2. The summed E-state index contributed by atoms with van der Waals surface area (Å²) in [5, 5.41) is 10.6. The number of hydrogen-bond acceptors (Lipinski definition) is 6. The van der Waals surface area contributed by atoms with Crippen molar-refractivity contribution in [3.8, 4) is 0 Å². The molecule has 2 heterocycles. The number of nitrogens with two attached hydrogens (primary N) is 1. The molecule has 0 saturated carbocycles. The number of carbonyl (C=O) groups excluding carboxylic acids is 1. The minimum atomic E-state index is -0.346. The molecule has 18 heavy (non-hydrogen) atoms. The summed E-state index contributed by atoms with van der Waals surface area (Å²) in [6.45, 7) is 4.27. The molecule has 1 aromatic heterocycles. The SMILES string of the molecule is CC(Nc1ccc(N)nn1)C(=O)N1CCOCC1. The molecule has 1 aliphatic rings. The highest BCUT2D eigenvalue weighted by Crippen LogP contribution is 2.07. The first-order valence-corrected chi connectivity index (χ1v) is 5.89. The van der Waals surface area contributed by atoms with Crippen molar-refractivity contribution in [2.24, 2.45) is 0 Å². The van der Waals surface area contributed by atoms with Crippen LogP contribution in [0.2, 0.25) is 0 Å². The van der Waals surface area contributed by atoms with Crippen molar-refractivity contribution in [2.45, 2.75) is 13.0 Å². The molecule has 0 bridgehead atoms. The third-order valence-electron chi connectivity index (χ3n) is 2.74. The molecule has 1 fully saturated rings. The molecular weight excluding hydrogens is 234 g/mol. The normalized spacial score (nSPS) is 17.3. The molecule has 1 saturated heterocycles. The van der Waals surface area contributed by atoms with Crippen LogP contribution in [0.15, 0.2) is 12.1 Å². The van der Waals surface area contributed by atoms with Crippen molar-refractivity contribution >= 4 is 17.5 Å². The van der Waals surface area contributed by atoms with E-state index in [-0.39, 0.29) is 11.9 Å². The maximum absolute atomic E-state index is 12.1. The second kappa shape index (κ2) is 5.63. The molecule has 1 aromatic rings. The number of amides is 1. The van der Waals surface area contributed by atoms with Crippen molar-refractivity contribution in [1.29, 1.82) is 0 Å². The number of carbonyl (C=O) groups is 1. The summed E-state index contributed by atoms with van der Waals surface area (Å²) in [6, 6.07) is 2.99. The van der Waals surface area contributed by atoms with E-state index in [4.69, 9.17) is 10.5 Å². The van der Waals surface area contributed by atoms with Crippen LogP contribution < -0.4 is 11.1 Å². The summed E-state index contributed by atoms with van der Waals surface area (Å²) < 4.78 is 5.21. The first-order chi connectivity index (χ1) is 8.66. The van der Waals surface area contributed by atoms with Crippen LogP contribution in [0.25, 0.3) is 0 Å². The van der Waals surface area contributed by atoms with Gasteiger partial charge >= 0.3 is 0 Å². The van der Waals surface area contributed by atoms with E-state index >= 15 is 0 Å². The third kappa shape index (κ3) is 3.07. The quantitative estimate of drug-likeness (QED) is 0.767. The Labute approximate surface area is 105 Å². The highest BCUT2D eigenvalue weighted by atomic mass is 16.5. The van der Waals surface area contributed by atoms with Crippen LogP contribution in [-0.2, 0) is 9.53 Å². The maximum Gasteiger partial charge on any atom is 0.244 e. The van der Waals surface area contributed by atoms with Gasteiger partial charge in [-0.25, -0.2) is 0 Å². The van der Waals surface area contributed by atoms with Crippen molar-refractivity contribution < 1.29 is 9.53 Å². The Morgan fingerprint density at radius 1 is 1.44 bits per heavy atom. The van der Waals surface area contributed by atoms with Crippen LogP contribution in [-0.4, -0.2) is 53.3 Å². The number of rotatable bonds is 3. The lowest BCUT2D eigenvalue weighted by atomic mass is 10.2. The summed E-state index contributed by atoms with van der Waals surface area (Å²) in [5.41, 5.74) is 5.44. The molecule has 0 aromatic carbocycles. The minimum absolute atomic E-state index is 0.0388. The fraction of sp³-hybridized carbons (Fsp3) is 0.545. The van der Waals surface area contributed by atoms with Crippen molar-refractivity contribution in [3.05, 3.63) is 12.1 Å². The van der Waals surface area contributed by atoms with Gasteiger partial charge in [-0.05, 0) is 19.1 Å². The molecule has 1 atom stereocenters. The van der Waals surface area contributed by atoms with Crippen molar-refractivity contribution in [2.75, 3.05) is 37.4 Å². The average molecular weight is 251 g/mol. The van der Waals surface area contributed by atoms with Gasteiger partial charge in [0.2, 0.25) is 5.91 Å². The van der Waals surface area contributed by atoms with Gasteiger partial charge in [0, 0.05) is 13.1 Å². The molecule has 1 unspecified atom stereocenters.